The van der Waals surface area contributed by atoms with Crippen molar-refractivity contribution in [1.29, 1.82) is 0 Å². The Morgan fingerprint density at radius 3 is 2.46 bits per heavy atom. The molecule has 0 radical (unpaired) electrons. The van der Waals surface area contributed by atoms with E-state index in [0.717, 1.165) is 0 Å². The lowest BCUT2D eigenvalue weighted by atomic mass is 10.2. The first-order chi connectivity index (χ1) is 11.6. The summed E-state index contributed by atoms with van der Waals surface area (Å²) in [6, 6.07) is 13.4. The molecule has 3 aromatic rings. The summed E-state index contributed by atoms with van der Waals surface area (Å²) in [4.78, 5) is 8.44. The minimum atomic E-state index is -0.276. The fourth-order valence-electron chi connectivity index (χ4n) is 2.07. The Morgan fingerprint density at radius 2 is 1.71 bits per heavy atom. The Kier molecular flexibility index (Phi) is 5.13. The topological polar surface area (TPSA) is 49.8 Å². The SMILES string of the molecule is Fc1ccccc1CNc1nccc(Nc2c(Cl)cccc2Cl)n1. The van der Waals surface area contributed by atoms with Gasteiger partial charge in [0.15, 0.2) is 0 Å². The van der Waals surface area contributed by atoms with E-state index in [9.17, 15) is 4.39 Å². The van der Waals surface area contributed by atoms with Gasteiger partial charge in [-0.1, -0.05) is 47.5 Å². The van der Waals surface area contributed by atoms with Crippen molar-refractivity contribution in [2.24, 2.45) is 0 Å². The summed E-state index contributed by atoms with van der Waals surface area (Å²) < 4.78 is 13.6. The normalized spacial score (nSPS) is 10.5. The molecule has 0 amide bonds. The van der Waals surface area contributed by atoms with E-state index in [4.69, 9.17) is 23.2 Å². The zero-order chi connectivity index (χ0) is 16.9. The van der Waals surface area contributed by atoms with Crippen LogP contribution in [0.4, 0.5) is 21.8 Å². The van der Waals surface area contributed by atoms with Gasteiger partial charge in [-0.2, -0.15) is 4.98 Å². The number of halogens is 3. The van der Waals surface area contributed by atoms with Crippen molar-refractivity contribution in [3.63, 3.8) is 0 Å². The number of anilines is 3. The van der Waals surface area contributed by atoms with Crippen LogP contribution >= 0.6 is 23.2 Å². The molecule has 4 nitrogen and oxygen atoms in total. The first-order valence-corrected chi connectivity index (χ1v) is 7.90. The maximum atomic E-state index is 13.6. The van der Waals surface area contributed by atoms with E-state index in [2.05, 4.69) is 20.6 Å². The van der Waals surface area contributed by atoms with Crippen LogP contribution in [0.25, 0.3) is 0 Å². The lowest BCUT2D eigenvalue weighted by Gasteiger charge is -2.11. The van der Waals surface area contributed by atoms with Crippen molar-refractivity contribution in [1.82, 2.24) is 9.97 Å². The quantitative estimate of drug-likeness (QED) is 0.648. The van der Waals surface area contributed by atoms with E-state index in [1.54, 1.807) is 48.7 Å². The number of nitrogens with one attached hydrogen (secondary N) is 2. The molecule has 0 aliphatic heterocycles. The van der Waals surface area contributed by atoms with Gasteiger partial charge in [-0.05, 0) is 24.3 Å². The molecule has 0 aliphatic carbocycles. The average molecular weight is 363 g/mol. The van der Waals surface area contributed by atoms with Crippen LogP contribution in [-0.2, 0) is 6.54 Å². The molecular formula is C17H13Cl2FN4. The van der Waals surface area contributed by atoms with Crippen LogP contribution in [0.1, 0.15) is 5.56 Å². The van der Waals surface area contributed by atoms with Gasteiger partial charge in [0, 0.05) is 18.3 Å². The molecule has 0 saturated carbocycles. The second kappa shape index (κ2) is 7.47. The average Bonchev–Trinajstić information content (AvgIpc) is 2.58. The Balaban J connectivity index is 1.74. The molecule has 0 fully saturated rings. The highest BCUT2D eigenvalue weighted by Crippen LogP contribution is 2.32. The van der Waals surface area contributed by atoms with Gasteiger partial charge in [-0.15, -0.1) is 0 Å². The van der Waals surface area contributed by atoms with Crippen LogP contribution in [0.3, 0.4) is 0 Å². The molecule has 1 heterocycles. The third-order valence-corrected chi connectivity index (χ3v) is 3.90. The van der Waals surface area contributed by atoms with Gasteiger partial charge in [0.2, 0.25) is 5.95 Å². The van der Waals surface area contributed by atoms with Crippen molar-refractivity contribution in [2.45, 2.75) is 6.54 Å². The number of rotatable bonds is 5. The molecule has 0 saturated heterocycles. The summed E-state index contributed by atoms with van der Waals surface area (Å²) in [6.07, 6.45) is 1.59. The number of hydrogen-bond donors (Lipinski definition) is 2. The smallest absolute Gasteiger partial charge is 0.224 e. The molecule has 3 rings (SSSR count). The van der Waals surface area contributed by atoms with Crippen molar-refractivity contribution in [2.75, 3.05) is 10.6 Å². The fraction of sp³-hybridized carbons (Fsp3) is 0.0588. The summed E-state index contributed by atoms with van der Waals surface area (Å²) in [5.74, 6) is 0.615. The Morgan fingerprint density at radius 1 is 0.958 bits per heavy atom. The second-order valence-corrected chi connectivity index (χ2v) is 5.75. The van der Waals surface area contributed by atoms with Gasteiger partial charge in [0.1, 0.15) is 11.6 Å². The molecule has 122 valence electrons. The van der Waals surface area contributed by atoms with Gasteiger partial charge in [-0.25, -0.2) is 9.37 Å². The standard InChI is InChI=1S/C17H13Cl2FN4/c18-12-5-3-6-13(19)16(12)23-15-8-9-21-17(24-15)22-10-11-4-1-2-7-14(11)20/h1-9H,10H2,(H2,21,22,23,24). The summed E-state index contributed by atoms with van der Waals surface area (Å²) in [5, 5.41) is 7.03. The number of para-hydroxylation sites is 1. The van der Waals surface area contributed by atoms with Gasteiger partial charge < -0.3 is 10.6 Å². The minimum Gasteiger partial charge on any atom is -0.350 e. The molecule has 0 aliphatic rings. The van der Waals surface area contributed by atoms with E-state index in [-0.39, 0.29) is 12.4 Å². The molecule has 2 N–H and O–H groups in total. The fourth-order valence-corrected chi connectivity index (χ4v) is 2.57. The number of nitrogens with zero attached hydrogens (tertiary/aromatic N) is 2. The zero-order valence-corrected chi connectivity index (χ0v) is 13.9. The second-order valence-electron chi connectivity index (χ2n) is 4.93. The molecule has 1 aromatic heterocycles. The monoisotopic (exact) mass is 362 g/mol. The third kappa shape index (κ3) is 3.93. The minimum absolute atomic E-state index is 0.276. The molecule has 24 heavy (non-hydrogen) atoms. The van der Waals surface area contributed by atoms with Crippen LogP contribution in [0, 0.1) is 5.82 Å². The van der Waals surface area contributed by atoms with Crippen LogP contribution < -0.4 is 10.6 Å². The summed E-state index contributed by atoms with van der Waals surface area (Å²) >= 11 is 12.3. The highest BCUT2D eigenvalue weighted by Gasteiger charge is 2.07. The van der Waals surface area contributed by atoms with Crippen LogP contribution in [0.2, 0.25) is 10.0 Å². The largest absolute Gasteiger partial charge is 0.350 e. The molecule has 0 atom stereocenters. The summed E-state index contributed by atoms with van der Waals surface area (Å²) in [5.41, 5.74) is 1.10. The van der Waals surface area contributed by atoms with Crippen LogP contribution in [0.15, 0.2) is 54.7 Å². The molecule has 0 spiro atoms. The Labute approximate surface area is 148 Å². The maximum absolute atomic E-state index is 13.6. The number of aromatic nitrogens is 2. The van der Waals surface area contributed by atoms with E-state index in [1.807, 2.05) is 0 Å². The van der Waals surface area contributed by atoms with Crippen molar-refractivity contribution in [3.8, 4) is 0 Å². The summed E-state index contributed by atoms with van der Waals surface area (Å²) in [7, 11) is 0. The zero-order valence-electron chi connectivity index (χ0n) is 12.4. The van der Waals surface area contributed by atoms with Crippen molar-refractivity contribution < 1.29 is 4.39 Å². The highest BCUT2D eigenvalue weighted by atomic mass is 35.5. The lowest BCUT2D eigenvalue weighted by Crippen LogP contribution is -2.06. The predicted octanol–water partition coefficient (Wildman–Crippen LogP) is 5.28. The van der Waals surface area contributed by atoms with E-state index < -0.39 is 0 Å². The first kappa shape index (κ1) is 16.5. The van der Waals surface area contributed by atoms with Crippen molar-refractivity contribution >= 4 is 40.7 Å². The van der Waals surface area contributed by atoms with E-state index >= 15 is 0 Å². The maximum Gasteiger partial charge on any atom is 0.224 e. The van der Waals surface area contributed by atoms with Crippen LogP contribution in [-0.4, -0.2) is 9.97 Å². The van der Waals surface area contributed by atoms with E-state index in [0.29, 0.717) is 33.1 Å². The molecule has 0 bridgehead atoms. The van der Waals surface area contributed by atoms with Gasteiger partial charge in [0.25, 0.3) is 0 Å². The van der Waals surface area contributed by atoms with Gasteiger partial charge >= 0.3 is 0 Å². The highest BCUT2D eigenvalue weighted by molar-refractivity contribution is 6.39. The summed E-state index contributed by atoms with van der Waals surface area (Å²) in [6.45, 7) is 0.281. The molecule has 2 aromatic carbocycles. The predicted molar refractivity (Wildman–Crippen MR) is 95.5 cm³/mol. The Bertz CT molecular complexity index is 837. The Hall–Kier alpha value is -2.37. The van der Waals surface area contributed by atoms with Gasteiger partial charge in [0.05, 0.1) is 15.7 Å². The molecule has 7 heteroatoms. The lowest BCUT2D eigenvalue weighted by molar-refractivity contribution is 0.612. The first-order valence-electron chi connectivity index (χ1n) is 7.15. The number of hydrogen-bond acceptors (Lipinski definition) is 4. The molecular weight excluding hydrogens is 350 g/mol. The third-order valence-electron chi connectivity index (χ3n) is 3.27. The van der Waals surface area contributed by atoms with Gasteiger partial charge in [-0.3, -0.25) is 0 Å². The number of benzene rings is 2. The van der Waals surface area contributed by atoms with E-state index in [1.165, 1.54) is 6.07 Å². The van der Waals surface area contributed by atoms with Crippen LogP contribution in [0.5, 0.6) is 0 Å². The van der Waals surface area contributed by atoms with Crippen molar-refractivity contribution in [3.05, 3.63) is 76.2 Å². The molecule has 0 unspecified atom stereocenters.